The summed E-state index contributed by atoms with van der Waals surface area (Å²) in [5.41, 5.74) is 3.25. The molecule has 20 heavy (non-hydrogen) atoms. The minimum Gasteiger partial charge on any atom is -0.454 e. The van der Waals surface area contributed by atoms with E-state index in [4.69, 9.17) is 21.1 Å². The summed E-state index contributed by atoms with van der Waals surface area (Å²) >= 11 is 6.21. The average molecular weight is 290 g/mol. The van der Waals surface area contributed by atoms with Crippen LogP contribution in [-0.2, 0) is 0 Å². The molecule has 1 unspecified atom stereocenters. The summed E-state index contributed by atoms with van der Waals surface area (Å²) in [4.78, 5) is 0. The molecule has 0 amide bonds. The van der Waals surface area contributed by atoms with E-state index in [-0.39, 0.29) is 6.04 Å². The Morgan fingerprint density at radius 2 is 1.90 bits per heavy atom. The number of aryl methyl sites for hydroxylation is 1. The van der Waals surface area contributed by atoms with Gasteiger partial charge in [0.05, 0.1) is 10.7 Å². The second-order valence-electron chi connectivity index (χ2n) is 4.96. The Bertz CT molecular complexity index is 642. The molecule has 3 nitrogen and oxygen atoms in total. The molecule has 1 atom stereocenters. The highest BCUT2D eigenvalue weighted by molar-refractivity contribution is 6.33. The van der Waals surface area contributed by atoms with Gasteiger partial charge in [-0.3, -0.25) is 0 Å². The Labute approximate surface area is 123 Å². The van der Waals surface area contributed by atoms with Crippen LogP contribution < -0.4 is 14.8 Å². The molecule has 2 aromatic rings. The summed E-state index contributed by atoms with van der Waals surface area (Å²) in [5, 5.41) is 4.16. The molecule has 104 valence electrons. The number of halogens is 1. The molecule has 0 saturated carbocycles. The second kappa shape index (κ2) is 5.25. The molecule has 0 spiro atoms. The largest absolute Gasteiger partial charge is 0.454 e. The second-order valence-corrected chi connectivity index (χ2v) is 5.37. The van der Waals surface area contributed by atoms with Crippen molar-refractivity contribution in [2.24, 2.45) is 0 Å². The van der Waals surface area contributed by atoms with Crippen LogP contribution in [0.3, 0.4) is 0 Å². The van der Waals surface area contributed by atoms with Gasteiger partial charge in [0.15, 0.2) is 11.5 Å². The van der Waals surface area contributed by atoms with Crippen LogP contribution in [0.4, 0.5) is 5.69 Å². The van der Waals surface area contributed by atoms with E-state index in [9.17, 15) is 0 Å². The third-order valence-electron chi connectivity index (χ3n) is 3.39. The van der Waals surface area contributed by atoms with Gasteiger partial charge in [-0.25, -0.2) is 0 Å². The maximum atomic E-state index is 6.21. The highest BCUT2D eigenvalue weighted by atomic mass is 35.5. The van der Waals surface area contributed by atoms with Gasteiger partial charge in [-0.2, -0.15) is 0 Å². The summed E-state index contributed by atoms with van der Waals surface area (Å²) < 4.78 is 10.7. The molecule has 2 aromatic carbocycles. The Morgan fingerprint density at radius 3 is 2.75 bits per heavy atom. The number of hydrogen-bond acceptors (Lipinski definition) is 3. The molecule has 1 heterocycles. The van der Waals surface area contributed by atoms with Crippen molar-refractivity contribution < 1.29 is 9.47 Å². The highest BCUT2D eigenvalue weighted by Crippen LogP contribution is 2.35. The zero-order chi connectivity index (χ0) is 14.1. The number of ether oxygens (including phenoxy) is 2. The van der Waals surface area contributed by atoms with Gasteiger partial charge in [-0.05, 0) is 49.2 Å². The highest BCUT2D eigenvalue weighted by Gasteiger charge is 2.16. The van der Waals surface area contributed by atoms with Crippen molar-refractivity contribution in [1.29, 1.82) is 0 Å². The number of nitrogens with one attached hydrogen (secondary N) is 1. The van der Waals surface area contributed by atoms with Crippen LogP contribution in [0.2, 0.25) is 5.02 Å². The first-order valence-electron chi connectivity index (χ1n) is 6.56. The van der Waals surface area contributed by atoms with E-state index < -0.39 is 0 Å². The first-order chi connectivity index (χ1) is 9.63. The smallest absolute Gasteiger partial charge is 0.231 e. The van der Waals surface area contributed by atoms with Crippen LogP contribution in [0.15, 0.2) is 36.4 Å². The summed E-state index contributed by atoms with van der Waals surface area (Å²) in [6.07, 6.45) is 0. The van der Waals surface area contributed by atoms with E-state index in [1.54, 1.807) is 0 Å². The van der Waals surface area contributed by atoms with E-state index in [1.165, 1.54) is 5.56 Å². The molecule has 4 heteroatoms. The maximum absolute atomic E-state index is 6.21. The van der Waals surface area contributed by atoms with Crippen molar-refractivity contribution in [3.05, 3.63) is 52.5 Å². The van der Waals surface area contributed by atoms with Gasteiger partial charge in [0, 0.05) is 6.04 Å². The van der Waals surface area contributed by atoms with Crippen molar-refractivity contribution in [1.82, 2.24) is 0 Å². The van der Waals surface area contributed by atoms with Crippen molar-refractivity contribution in [3.8, 4) is 11.5 Å². The van der Waals surface area contributed by atoms with Crippen LogP contribution >= 0.6 is 11.6 Å². The predicted octanol–water partition coefficient (Wildman–Crippen LogP) is 4.55. The standard InChI is InChI=1S/C16H16ClNO2/c1-10-3-5-13(17)14(7-10)18-11(2)12-4-6-15-16(8-12)20-9-19-15/h3-8,11,18H,9H2,1-2H3. The van der Waals surface area contributed by atoms with Crippen LogP contribution in [0.5, 0.6) is 11.5 Å². The lowest BCUT2D eigenvalue weighted by atomic mass is 10.1. The van der Waals surface area contributed by atoms with E-state index >= 15 is 0 Å². The molecule has 0 fully saturated rings. The molecular weight excluding hydrogens is 274 g/mol. The van der Waals surface area contributed by atoms with Crippen LogP contribution in [0.25, 0.3) is 0 Å². The molecule has 1 aliphatic heterocycles. The normalized spacial score (nSPS) is 14.2. The van der Waals surface area contributed by atoms with E-state index in [1.807, 2.05) is 43.3 Å². The maximum Gasteiger partial charge on any atom is 0.231 e. The molecule has 0 aliphatic carbocycles. The van der Waals surface area contributed by atoms with Crippen molar-refractivity contribution >= 4 is 17.3 Å². The first kappa shape index (κ1) is 13.1. The molecule has 1 N–H and O–H groups in total. The van der Waals surface area contributed by atoms with Crippen molar-refractivity contribution in [2.75, 3.05) is 12.1 Å². The van der Waals surface area contributed by atoms with Crippen molar-refractivity contribution in [2.45, 2.75) is 19.9 Å². The number of rotatable bonds is 3. The minimum absolute atomic E-state index is 0.129. The van der Waals surface area contributed by atoms with Gasteiger partial charge < -0.3 is 14.8 Å². The van der Waals surface area contributed by atoms with Crippen molar-refractivity contribution in [3.63, 3.8) is 0 Å². The first-order valence-corrected chi connectivity index (χ1v) is 6.93. The predicted molar refractivity (Wildman–Crippen MR) is 80.8 cm³/mol. The Balaban J connectivity index is 1.82. The van der Waals surface area contributed by atoms with Gasteiger partial charge in [0.25, 0.3) is 0 Å². The molecule has 0 aromatic heterocycles. The summed E-state index contributed by atoms with van der Waals surface area (Å²) in [6, 6.07) is 12.1. The van der Waals surface area contributed by atoms with E-state index in [2.05, 4.69) is 12.2 Å². The number of fused-ring (bicyclic) bond motifs is 1. The molecular formula is C16H16ClNO2. The van der Waals surface area contributed by atoms with Crippen LogP contribution in [0.1, 0.15) is 24.1 Å². The molecule has 3 rings (SSSR count). The lowest BCUT2D eigenvalue weighted by molar-refractivity contribution is 0.174. The third kappa shape index (κ3) is 2.54. The van der Waals surface area contributed by atoms with E-state index in [0.717, 1.165) is 27.8 Å². The molecule has 0 radical (unpaired) electrons. The van der Waals surface area contributed by atoms with Gasteiger partial charge in [0.2, 0.25) is 6.79 Å². The fourth-order valence-corrected chi connectivity index (χ4v) is 2.42. The minimum atomic E-state index is 0.129. The quantitative estimate of drug-likeness (QED) is 0.899. The Hall–Kier alpha value is -1.87. The fourth-order valence-electron chi connectivity index (χ4n) is 2.25. The molecule has 0 saturated heterocycles. The lowest BCUT2D eigenvalue weighted by Gasteiger charge is -2.17. The molecule has 1 aliphatic rings. The monoisotopic (exact) mass is 289 g/mol. The zero-order valence-electron chi connectivity index (χ0n) is 11.4. The van der Waals surface area contributed by atoms with Crippen LogP contribution in [-0.4, -0.2) is 6.79 Å². The number of hydrogen-bond donors (Lipinski definition) is 1. The Morgan fingerprint density at radius 1 is 1.10 bits per heavy atom. The van der Waals surface area contributed by atoms with Gasteiger partial charge in [-0.1, -0.05) is 23.7 Å². The topological polar surface area (TPSA) is 30.5 Å². The lowest BCUT2D eigenvalue weighted by Crippen LogP contribution is -2.07. The zero-order valence-corrected chi connectivity index (χ0v) is 12.2. The summed E-state index contributed by atoms with van der Waals surface area (Å²) in [6.45, 7) is 4.44. The number of anilines is 1. The Kier molecular flexibility index (Phi) is 3.45. The van der Waals surface area contributed by atoms with Gasteiger partial charge in [0.1, 0.15) is 0 Å². The number of benzene rings is 2. The van der Waals surface area contributed by atoms with Gasteiger partial charge >= 0.3 is 0 Å². The van der Waals surface area contributed by atoms with Gasteiger partial charge in [-0.15, -0.1) is 0 Å². The fraction of sp³-hybridized carbons (Fsp3) is 0.250. The molecule has 0 bridgehead atoms. The SMILES string of the molecule is Cc1ccc(Cl)c(NC(C)c2ccc3c(c2)OCO3)c1. The third-order valence-corrected chi connectivity index (χ3v) is 3.72. The summed E-state index contributed by atoms with van der Waals surface area (Å²) in [7, 11) is 0. The van der Waals surface area contributed by atoms with E-state index in [0.29, 0.717) is 6.79 Å². The van der Waals surface area contributed by atoms with Crippen LogP contribution in [0, 0.1) is 6.92 Å². The summed E-state index contributed by atoms with van der Waals surface area (Å²) in [5.74, 6) is 1.60. The average Bonchev–Trinajstić information content (AvgIpc) is 2.90.